The van der Waals surface area contributed by atoms with Gasteiger partial charge in [-0.25, -0.2) is 0 Å². The highest BCUT2D eigenvalue weighted by Crippen LogP contribution is 2.29. The first kappa shape index (κ1) is 30.0. The normalized spacial score (nSPS) is 15.7. The Labute approximate surface area is 249 Å². The second-order valence-corrected chi connectivity index (χ2v) is 11.3. The second-order valence-electron chi connectivity index (χ2n) is 11.3. The number of carbonyl (C=O) groups is 2. The molecule has 0 N–H and O–H groups in total. The topological polar surface area (TPSA) is 75.2 Å². The number of piperazine rings is 1. The van der Waals surface area contributed by atoms with E-state index in [1.54, 1.807) is 4.90 Å². The molecule has 3 heterocycles. The number of carbonyl (C=O) groups excluding carboxylic acids is 2. The molecule has 2 aliphatic heterocycles. The van der Waals surface area contributed by atoms with Crippen molar-refractivity contribution in [2.45, 2.75) is 58.3 Å². The number of aromatic nitrogens is 1. The molecule has 0 saturated carbocycles. The predicted octanol–water partition coefficient (Wildman–Crippen LogP) is 5.62. The molecular formula is C34H44N4O4. The largest absolute Gasteiger partial charge is 0.478 e. The summed E-state index contributed by atoms with van der Waals surface area (Å²) in [7, 11) is 0. The van der Waals surface area contributed by atoms with Crippen molar-refractivity contribution in [2.75, 3.05) is 62.5 Å². The Bertz CT molecular complexity index is 1330. The molecule has 8 nitrogen and oxygen atoms in total. The van der Waals surface area contributed by atoms with Gasteiger partial charge in [0, 0.05) is 56.2 Å². The van der Waals surface area contributed by atoms with E-state index < -0.39 is 0 Å². The van der Waals surface area contributed by atoms with Crippen molar-refractivity contribution in [3.05, 3.63) is 60.2 Å². The molecule has 0 atom stereocenters. The second kappa shape index (κ2) is 15.1. The summed E-state index contributed by atoms with van der Waals surface area (Å²) >= 11 is 0. The Morgan fingerprint density at radius 2 is 1.74 bits per heavy atom. The number of unbranched alkanes of at least 4 members (excludes halogenated alkanes) is 3. The highest BCUT2D eigenvalue weighted by molar-refractivity contribution is 5.95. The number of ketones is 1. The molecular weight excluding hydrogens is 528 g/mol. The van der Waals surface area contributed by atoms with Gasteiger partial charge in [0.25, 0.3) is 0 Å². The molecule has 1 saturated heterocycles. The number of hydrogen-bond acceptors (Lipinski definition) is 7. The summed E-state index contributed by atoms with van der Waals surface area (Å²) in [6.07, 6.45) is 6.59. The van der Waals surface area contributed by atoms with Crippen molar-refractivity contribution in [1.82, 2.24) is 9.88 Å². The fraction of sp³-hybridized carbons (Fsp3) is 0.500. The van der Waals surface area contributed by atoms with Crippen LogP contribution in [0.1, 0.15) is 57.4 Å². The minimum atomic E-state index is -0.0360. The van der Waals surface area contributed by atoms with Gasteiger partial charge in [-0.3, -0.25) is 19.4 Å². The van der Waals surface area contributed by atoms with Gasteiger partial charge in [-0.05, 0) is 55.3 Å². The highest BCUT2D eigenvalue weighted by atomic mass is 16.5. The average Bonchev–Trinajstić information content (AvgIpc) is 3.02. The van der Waals surface area contributed by atoms with Crippen LogP contribution in [0.2, 0.25) is 0 Å². The molecule has 0 unspecified atom stereocenters. The number of rotatable bonds is 15. The lowest BCUT2D eigenvalue weighted by atomic mass is 10.1. The molecule has 1 aromatic heterocycles. The number of nitrogens with zero attached hydrogens (tertiary/aromatic N) is 4. The Morgan fingerprint density at radius 3 is 2.60 bits per heavy atom. The summed E-state index contributed by atoms with van der Waals surface area (Å²) in [5.74, 6) is 1.15. The van der Waals surface area contributed by atoms with Crippen LogP contribution in [-0.4, -0.2) is 74.2 Å². The number of pyridine rings is 1. The number of aryl methyl sites for hydroxylation is 1. The van der Waals surface area contributed by atoms with E-state index in [0.29, 0.717) is 37.6 Å². The molecule has 2 aromatic carbocycles. The average molecular weight is 573 g/mol. The summed E-state index contributed by atoms with van der Waals surface area (Å²) in [6.45, 7) is 8.01. The Balaban J connectivity index is 1.03. The van der Waals surface area contributed by atoms with Crippen LogP contribution in [0.5, 0.6) is 5.88 Å². The van der Waals surface area contributed by atoms with Gasteiger partial charge in [0.05, 0.1) is 6.61 Å². The van der Waals surface area contributed by atoms with E-state index in [2.05, 4.69) is 64.2 Å². The van der Waals surface area contributed by atoms with Crippen molar-refractivity contribution in [1.29, 1.82) is 0 Å². The van der Waals surface area contributed by atoms with E-state index in [0.717, 1.165) is 70.4 Å². The van der Waals surface area contributed by atoms with Gasteiger partial charge in [0.2, 0.25) is 11.8 Å². The third-order valence-electron chi connectivity index (χ3n) is 8.24. The van der Waals surface area contributed by atoms with Crippen LogP contribution in [0.3, 0.4) is 0 Å². The maximum atomic E-state index is 12.6. The van der Waals surface area contributed by atoms with Crippen LogP contribution < -0.4 is 14.5 Å². The van der Waals surface area contributed by atoms with Gasteiger partial charge in [-0.1, -0.05) is 56.2 Å². The quantitative estimate of drug-likeness (QED) is 0.219. The molecule has 0 bridgehead atoms. The van der Waals surface area contributed by atoms with Crippen molar-refractivity contribution < 1.29 is 19.1 Å². The summed E-state index contributed by atoms with van der Waals surface area (Å²) in [5.41, 5.74) is 2.34. The summed E-state index contributed by atoms with van der Waals surface area (Å²) in [5, 5.41) is 2.62. The Morgan fingerprint density at radius 1 is 0.905 bits per heavy atom. The minimum absolute atomic E-state index is 0.0250. The monoisotopic (exact) mass is 572 g/mol. The molecule has 42 heavy (non-hydrogen) atoms. The van der Waals surface area contributed by atoms with Gasteiger partial charge >= 0.3 is 0 Å². The van der Waals surface area contributed by atoms with Crippen molar-refractivity contribution in [3.63, 3.8) is 0 Å². The van der Waals surface area contributed by atoms with Crippen molar-refractivity contribution in [2.24, 2.45) is 0 Å². The lowest BCUT2D eigenvalue weighted by Crippen LogP contribution is -2.46. The van der Waals surface area contributed by atoms with Crippen LogP contribution in [-0.2, 0) is 20.7 Å². The Kier molecular flexibility index (Phi) is 10.8. The number of anilines is 2. The van der Waals surface area contributed by atoms with Gasteiger partial charge in [-0.15, -0.1) is 0 Å². The van der Waals surface area contributed by atoms with Crippen LogP contribution in [0.15, 0.2) is 54.6 Å². The highest BCUT2D eigenvalue weighted by Gasteiger charge is 2.26. The van der Waals surface area contributed by atoms with E-state index in [1.807, 2.05) is 12.1 Å². The van der Waals surface area contributed by atoms with Gasteiger partial charge in [-0.2, -0.15) is 4.98 Å². The molecule has 0 spiro atoms. The molecule has 5 rings (SSSR count). The SMILES string of the molecule is CCCCCC(=O)COCN1C(=O)CCc2ccc(OCCCCN3CCN(c4cccc5ccccc45)CC3)nc21. The zero-order chi connectivity index (χ0) is 29.1. The maximum Gasteiger partial charge on any atom is 0.230 e. The number of fused-ring (bicyclic) bond motifs is 2. The smallest absolute Gasteiger partial charge is 0.230 e. The standard InChI is InChI=1S/C34H44N4O4/c1-2-3-4-12-29(39)25-41-26-38-33(40)18-16-28-15-17-32(35-34(28)38)42-24-8-7-19-36-20-22-37(23-21-36)31-14-9-11-27-10-5-6-13-30(27)31/h5-6,9-11,13-15,17H,2-4,7-8,12,16,18-26H2,1H3. The Hall–Kier alpha value is -3.49. The molecule has 1 amide bonds. The van der Waals surface area contributed by atoms with Crippen LogP contribution >= 0.6 is 0 Å². The van der Waals surface area contributed by atoms with Crippen molar-refractivity contribution >= 4 is 34.0 Å². The number of ether oxygens (including phenoxy) is 2. The third-order valence-corrected chi connectivity index (χ3v) is 8.24. The third kappa shape index (κ3) is 7.86. The van der Waals surface area contributed by atoms with Crippen LogP contribution in [0.25, 0.3) is 10.8 Å². The zero-order valence-electron chi connectivity index (χ0n) is 24.9. The fourth-order valence-corrected chi connectivity index (χ4v) is 5.80. The maximum absolute atomic E-state index is 12.6. The summed E-state index contributed by atoms with van der Waals surface area (Å²) < 4.78 is 11.6. The van der Waals surface area contributed by atoms with E-state index in [9.17, 15) is 9.59 Å². The van der Waals surface area contributed by atoms with Gasteiger partial charge < -0.3 is 14.4 Å². The van der Waals surface area contributed by atoms with E-state index >= 15 is 0 Å². The number of amides is 1. The zero-order valence-corrected chi connectivity index (χ0v) is 24.9. The molecule has 8 heteroatoms. The van der Waals surface area contributed by atoms with E-state index in [1.165, 1.54) is 16.5 Å². The number of hydrogen-bond donors (Lipinski definition) is 0. The van der Waals surface area contributed by atoms with Crippen LogP contribution in [0.4, 0.5) is 11.5 Å². The first-order valence-electron chi connectivity index (χ1n) is 15.6. The molecule has 224 valence electrons. The molecule has 3 aromatic rings. The number of Topliss-reactive ketones (excluding diaryl/α,β-unsaturated/α-hetero) is 1. The minimum Gasteiger partial charge on any atom is -0.478 e. The molecule has 2 aliphatic rings. The molecule has 0 radical (unpaired) electrons. The lowest BCUT2D eigenvalue weighted by molar-refractivity contribution is -0.126. The summed E-state index contributed by atoms with van der Waals surface area (Å²) in [4.78, 5) is 35.9. The fourth-order valence-electron chi connectivity index (χ4n) is 5.80. The van der Waals surface area contributed by atoms with Crippen molar-refractivity contribution in [3.8, 4) is 5.88 Å². The van der Waals surface area contributed by atoms with E-state index in [-0.39, 0.29) is 25.0 Å². The lowest BCUT2D eigenvalue weighted by Gasteiger charge is -2.36. The predicted molar refractivity (Wildman–Crippen MR) is 167 cm³/mol. The first-order valence-corrected chi connectivity index (χ1v) is 15.6. The molecule has 0 aliphatic carbocycles. The number of benzene rings is 2. The van der Waals surface area contributed by atoms with Gasteiger partial charge in [0.1, 0.15) is 19.2 Å². The van der Waals surface area contributed by atoms with Gasteiger partial charge in [0.15, 0.2) is 5.78 Å². The summed E-state index contributed by atoms with van der Waals surface area (Å²) in [6, 6.07) is 19.1. The van der Waals surface area contributed by atoms with E-state index in [4.69, 9.17) is 9.47 Å². The first-order chi connectivity index (χ1) is 20.6. The van der Waals surface area contributed by atoms with Crippen LogP contribution in [0, 0.1) is 0 Å². The molecule has 1 fully saturated rings.